The third-order valence-electron chi connectivity index (χ3n) is 2.77. The molecule has 0 aliphatic carbocycles. The summed E-state index contributed by atoms with van der Waals surface area (Å²) in [5, 5.41) is 2.55. The van der Waals surface area contributed by atoms with Gasteiger partial charge in [-0.25, -0.2) is 4.79 Å². The molecular weight excluding hydrogens is 218 g/mol. The topological polar surface area (TPSA) is 55.4 Å². The number of amides is 1. The Morgan fingerprint density at radius 2 is 1.82 bits per heavy atom. The van der Waals surface area contributed by atoms with Gasteiger partial charge in [0.05, 0.1) is 6.61 Å². The quantitative estimate of drug-likeness (QED) is 0.631. The van der Waals surface area contributed by atoms with Crippen LogP contribution < -0.4 is 5.32 Å². The van der Waals surface area contributed by atoms with Gasteiger partial charge >= 0.3 is 11.9 Å². The highest BCUT2D eigenvalue weighted by Crippen LogP contribution is 2.21. The molecule has 1 aromatic rings. The third kappa shape index (κ3) is 3.06. The number of ether oxygens (including phenoxy) is 1. The third-order valence-corrected chi connectivity index (χ3v) is 2.77. The lowest BCUT2D eigenvalue weighted by atomic mass is 10.0. The molecule has 0 aromatic heterocycles. The van der Waals surface area contributed by atoms with Crippen LogP contribution in [-0.4, -0.2) is 18.5 Å². The molecular formula is C13H17NO3. The van der Waals surface area contributed by atoms with Crippen molar-refractivity contribution < 1.29 is 14.3 Å². The van der Waals surface area contributed by atoms with Gasteiger partial charge in [0.1, 0.15) is 0 Å². The maximum absolute atomic E-state index is 11.5. The maximum Gasteiger partial charge on any atom is 0.397 e. The van der Waals surface area contributed by atoms with E-state index in [0.29, 0.717) is 5.69 Å². The van der Waals surface area contributed by atoms with Crippen LogP contribution >= 0.6 is 0 Å². The molecule has 0 atom stereocenters. The van der Waals surface area contributed by atoms with Gasteiger partial charge in [-0.15, -0.1) is 0 Å². The van der Waals surface area contributed by atoms with Crippen LogP contribution in [-0.2, 0) is 14.3 Å². The van der Waals surface area contributed by atoms with E-state index in [0.717, 1.165) is 16.7 Å². The van der Waals surface area contributed by atoms with Crippen LogP contribution in [0.4, 0.5) is 5.69 Å². The van der Waals surface area contributed by atoms with Crippen molar-refractivity contribution in [1.29, 1.82) is 0 Å². The highest BCUT2D eigenvalue weighted by Gasteiger charge is 2.16. The summed E-state index contributed by atoms with van der Waals surface area (Å²) in [5.74, 6) is -1.59. The van der Waals surface area contributed by atoms with Gasteiger partial charge in [0.2, 0.25) is 0 Å². The molecule has 1 rings (SSSR count). The summed E-state index contributed by atoms with van der Waals surface area (Å²) in [6.45, 7) is 7.73. The zero-order chi connectivity index (χ0) is 13.0. The number of hydrogen-bond donors (Lipinski definition) is 1. The van der Waals surface area contributed by atoms with Crippen molar-refractivity contribution in [3.63, 3.8) is 0 Å². The van der Waals surface area contributed by atoms with Crippen molar-refractivity contribution >= 4 is 17.6 Å². The van der Waals surface area contributed by atoms with E-state index in [1.165, 1.54) is 0 Å². The number of anilines is 1. The molecule has 1 aromatic carbocycles. The first-order chi connectivity index (χ1) is 7.97. The average Bonchev–Trinajstić information content (AvgIpc) is 2.30. The number of esters is 1. The Balaban J connectivity index is 2.86. The lowest BCUT2D eigenvalue weighted by Crippen LogP contribution is -2.25. The van der Waals surface area contributed by atoms with E-state index in [-0.39, 0.29) is 6.61 Å². The van der Waals surface area contributed by atoms with Gasteiger partial charge in [-0.3, -0.25) is 4.79 Å². The van der Waals surface area contributed by atoms with Crippen molar-refractivity contribution in [3.8, 4) is 0 Å². The first-order valence-electron chi connectivity index (χ1n) is 5.52. The van der Waals surface area contributed by atoms with Gasteiger partial charge < -0.3 is 10.1 Å². The Morgan fingerprint density at radius 3 is 2.41 bits per heavy atom. The Morgan fingerprint density at radius 1 is 1.18 bits per heavy atom. The number of benzene rings is 1. The molecule has 4 nitrogen and oxygen atoms in total. The van der Waals surface area contributed by atoms with Crippen LogP contribution in [0.15, 0.2) is 12.1 Å². The number of carbonyl (C=O) groups is 2. The van der Waals surface area contributed by atoms with E-state index in [9.17, 15) is 9.59 Å². The fraction of sp³-hybridized carbons (Fsp3) is 0.385. The second kappa shape index (κ2) is 5.48. The molecule has 0 aliphatic heterocycles. The normalized spacial score (nSPS) is 9.88. The minimum atomic E-state index is -0.856. The summed E-state index contributed by atoms with van der Waals surface area (Å²) in [4.78, 5) is 22.6. The highest BCUT2D eigenvalue weighted by atomic mass is 16.5. The molecule has 0 saturated carbocycles. The number of rotatable bonds is 2. The summed E-state index contributed by atoms with van der Waals surface area (Å²) in [5.41, 5.74) is 3.86. The molecule has 17 heavy (non-hydrogen) atoms. The van der Waals surface area contributed by atoms with Crippen LogP contribution in [0, 0.1) is 20.8 Å². The number of nitrogens with one attached hydrogen (secondary N) is 1. The number of hydrogen-bond acceptors (Lipinski definition) is 3. The maximum atomic E-state index is 11.5. The van der Waals surface area contributed by atoms with Gasteiger partial charge in [-0.05, 0) is 50.5 Å². The lowest BCUT2D eigenvalue weighted by Gasteiger charge is -2.11. The summed E-state index contributed by atoms with van der Waals surface area (Å²) in [6, 6.07) is 3.69. The lowest BCUT2D eigenvalue weighted by molar-refractivity contribution is -0.152. The van der Waals surface area contributed by atoms with Gasteiger partial charge in [-0.2, -0.15) is 0 Å². The predicted octanol–water partition coefficient (Wildman–Crippen LogP) is 2.11. The van der Waals surface area contributed by atoms with Crippen molar-refractivity contribution in [2.45, 2.75) is 27.7 Å². The fourth-order valence-electron chi connectivity index (χ4n) is 1.46. The summed E-state index contributed by atoms with van der Waals surface area (Å²) in [7, 11) is 0. The van der Waals surface area contributed by atoms with E-state index in [1.54, 1.807) is 13.0 Å². The highest BCUT2D eigenvalue weighted by molar-refractivity contribution is 6.37. The zero-order valence-electron chi connectivity index (χ0n) is 10.6. The van der Waals surface area contributed by atoms with Gasteiger partial charge in [0, 0.05) is 5.69 Å². The zero-order valence-corrected chi connectivity index (χ0v) is 10.6. The monoisotopic (exact) mass is 235 g/mol. The van der Waals surface area contributed by atoms with Gasteiger partial charge in [0.25, 0.3) is 0 Å². The minimum Gasteiger partial charge on any atom is -0.459 e. The molecule has 0 aliphatic rings. The minimum absolute atomic E-state index is 0.193. The van der Waals surface area contributed by atoms with E-state index >= 15 is 0 Å². The fourth-order valence-corrected chi connectivity index (χ4v) is 1.46. The predicted molar refractivity (Wildman–Crippen MR) is 65.9 cm³/mol. The molecule has 0 radical (unpaired) electrons. The van der Waals surface area contributed by atoms with E-state index in [2.05, 4.69) is 10.1 Å². The summed E-state index contributed by atoms with van der Waals surface area (Å²) < 4.78 is 4.62. The molecule has 0 bridgehead atoms. The van der Waals surface area contributed by atoms with Crippen molar-refractivity contribution in [1.82, 2.24) is 0 Å². The average molecular weight is 235 g/mol. The first kappa shape index (κ1) is 13.2. The Hall–Kier alpha value is -1.84. The molecule has 92 valence electrons. The first-order valence-corrected chi connectivity index (χ1v) is 5.52. The van der Waals surface area contributed by atoms with E-state index < -0.39 is 11.9 Å². The molecule has 0 saturated heterocycles. The van der Waals surface area contributed by atoms with Crippen LogP contribution in [0.25, 0.3) is 0 Å². The SMILES string of the molecule is CCOC(=O)C(=O)Nc1ccc(C)c(C)c1C. The Kier molecular flexibility index (Phi) is 4.26. The van der Waals surface area contributed by atoms with Crippen LogP contribution in [0.3, 0.4) is 0 Å². The molecule has 0 heterocycles. The van der Waals surface area contributed by atoms with Crippen molar-refractivity contribution in [2.24, 2.45) is 0 Å². The van der Waals surface area contributed by atoms with Gasteiger partial charge in [0.15, 0.2) is 0 Å². The van der Waals surface area contributed by atoms with Crippen LogP contribution in [0.5, 0.6) is 0 Å². The largest absolute Gasteiger partial charge is 0.459 e. The standard InChI is InChI=1S/C13H17NO3/c1-5-17-13(16)12(15)14-11-7-6-8(2)9(3)10(11)4/h6-7H,5H2,1-4H3,(H,14,15). The molecule has 0 unspecified atom stereocenters. The van der Waals surface area contributed by atoms with Gasteiger partial charge in [-0.1, -0.05) is 6.07 Å². The molecule has 0 spiro atoms. The molecule has 1 amide bonds. The Bertz CT molecular complexity index is 452. The van der Waals surface area contributed by atoms with Crippen LogP contribution in [0.2, 0.25) is 0 Å². The molecule has 0 fully saturated rings. The van der Waals surface area contributed by atoms with Crippen molar-refractivity contribution in [2.75, 3.05) is 11.9 Å². The number of aryl methyl sites for hydroxylation is 1. The van der Waals surface area contributed by atoms with Crippen LogP contribution in [0.1, 0.15) is 23.6 Å². The van der Waals surface area contributed by atoms with E-state index in [1.807, 2.05) is 26.8 Å². The second-order valence-corrected chi connectivity index (χ2v) is 3.85. The van der Waals surface area contributed by atoms with Crippen molar-refractivity contribution in [3.05, 3.63) is 28.8 Å². The Labute approximate surface area is 101 Å². The molecule has 1 N–H and O–H groups in total. The smallest absolute Gasteiger partial charge is 0.397 e. The van der Waals surface area contributed by atoms with E-state index in [4.69, 9.17) is 0 Å². The second-order valence-electron chi connectivity index (χ2n) is 3.85. The summed E-state index contributed by atoms with van der Waals surface area (Å²) >= 11 is 0. The number of carbonyl (C=O) groups excluding carboxylic acids is 2. The summed E-state index contributed by atoms with van der Waals surface area (Å²) in [6.07, 6.45) is 0. The molecule has 4 heteroatoms.